The fourth-order valence-corrected chi connectivity index (χ4v) is 6.21. The number of hydrogen-bond donors (Lipinski definition) is 1. The van der Waals surface area contributed by atoms with Gasteiger partial charge >= 0.3 is 0 Å². The Kier molecular flexibility index (Phi) is 8.46. The summed E-state index contributed by atoms with van der Waals surface area (Å²) in [6.07, 6.45) is 4.92. The highest BCUT2D eigenvalue weighted by molar-refractivity contribution is 7.92. The molecule has 0 aliphatic carbocycles. The van der Waals surface area contributed by atoms with E-state index in [4.69, 9.17) is 9.47 Å². The van der Waals surface area contributed by atoms with Gasteiger partial charge in [0.25, 0.3) is 10.0 Å². The first-order chi connectivity index (χ1) is 20.8. The number of ether oxygens (including phenoxy) is 2. The average Bonchev–Trinajstić information content (AvgIpc) is 3.54. The Balaban J connectivity index is 1.46. The van der Waals surface area contributed by atoms with Gasteiger partial charge in [-0.3, -0.25) is 14.3 Å². The molecule has 0 radical (unpaired) electrons. The molecule has 1 aromatic carbocycles. The number of hydrogen-bond acceptors (Lipinski definition) is 9. The highest BCUT2D eigenvalue weighted by Gasteiger charge is 2.26. The summed E-state index contributed by atoms with van der Waals surface area (Å²) in [7, 11) is -4.72. The summed E-state index contributed by atoms with van der Waals surface area (Å²) in [5.41, 5.74) is -0.429. The van der Waals surface area contributed by atoms with E-state index in [0.29, 0.717) is 35.5 Å². The fraction of sp³-hybridized carbons (Fsp3) is 0.296. The van der Waals surface area contributed by atoms with Crippen LogP contribution in [0.5, 0.6) is 5.88 Å². The van der Waals surface area contributed by atoms with E-state index in [-0.39, 0.29) is 12.4 Å². The number of halogens is 3. The molecule has 1 N–H and O–H groups in total. The zero-order valence-corrected chi connectivity index (χ0v) is 26.3. The molecule has 5 aromatic rings. The number of rotatable bonds is 11. The minimum Gasteiger partial charge on any atom is -0.480 e. The molecular formula is C27H29F3N8O4SSi. The SMILES string of the molecule is COc1ncc(F)cc1S(=O)(=O)Nc1ccc(F)c(-c2cn3cnc(-c4nnc(C)n4COCC[Si](C)(C)C)c3cn2)c1F. The van der Waals surface area contributed by atoms with Crippen molar-refractivity contribution in [3.63, 3.8) is 0 Å². The number of anilines is 1. The first kappa shape index (κ1) is 31.1. The molecule has 5 rings (SSSR count). The lowest BCUT2D eigenvalue weighted by atomic mass is 10.1. The molecule has 4 heterocycles. The monoisotopic (exact) mass is 646 g/mol. The van der Waals surface area contributed by atoms with Crippen LogP contribution in [0.4, 0.5) is 18.9 Å². The molecule has 12 nitrogen and oxygen atoms in total. The minimum absolute atomic E-state index is 0.144. The summed E-state index contributed by atoms with van der Waals surface area (Å²) in [5.74, 6) is -2.54. The van der Waals surface area contributed by atoms with Crippen LogP contribution in [0.3, 0.4) is 0 Å². The van der Waals surface area contributed by atoms with Gasteiger partial charge in [0.2, 0.25) is 5.88 Å². The average molecular weight is 647 g/mol. The Morgan fingerprint density at radius 2 is 1.82 bits per heavy atom. The molecule has 44 heavy (non-hydrogen) atoms. The molecular weight excluding hydrogens is 617 g/mol. The van der Waals surface area contributed by atoms with E-state index in [1.807, 2.05) is 4.72 Å². The van der Waals surface area contributed by atoms with Crippen LogP contribution in [0.15, 0.2) is 48.0 Å². The Hall–Kier alpha value is -4.35. The lowest BCUT2D eigenvalue weighted by molar-refractivity contribution is 0.0866. The first-order valence-electron chi connectivity index (χ1n) is 13.3. The molecule has 0 spiro atoms. The number of fused-ring (bicyclic) bond motifs is 1. The summed E-state index contributed by atoms with van der Waals surface area (Å²) in [6, 6.07) is 3.45. The van der Waals surface area contributed by atoms with Crippen LogP contribution >= 0.6 is 0 Å². The van der Waals surface area contributed by atoms with Crippen molar-refractivity contribution in [1.82, 2.24) is 34.1 Å². The smallest absolute Gasteiger partial charge is 0.267 e. The molecule has 0 fully saturated rings. The maximum absolute atomic E-state index is 15.7. The number of nitrogens with zero attached hydrogens (tertiary/aromatic N) is 7. The zero-order valence-electron chi connectivity index (χ0n) is 24.5. The number of pyridine rings is 1. The second kappa shape index (κ2) is 12.0. The number of aryl methyl sites for hydroxylation is 1. The van der Waals surface area contributed by atoms with Crippen LogP contribution in [0.25, 0.3) is 28.3 Å². The van der Waals surface area contributed by atoms with Gasteiger partial charge in [-0.2, -0.15) is 0 Å². The zero-order chi connectivity index (χ0) is 31.8. The number of aromatic nitrogens is 7. The standard InChI is InChI=1S/C27H29F3N8O4SSi/c1-16-34-35-26(38(16)15-42-8-9-44(3,4)5)25-21-12-31-20(13-37(21)14-33-25)23-18(29)6-7-19(24(23)30)36-43(39,40)22-10-17(28)11-32-27(22)41-2/h6-7,10-14,36H,8-9,15H2,1-5H3. The van der Waals surface area contributed by atoms with Crippen molar-refractivity contribution in [2.24, 2.45) is 0 Å². The molecule has 232 valence electrons. The van der Waals surface area contributed by atoms with Crippen LogP contribution < -0.4 is 9.46 Å². The third-order valence-electron chi connectivity index (χ3n) is 6.64. The Labute approximate surface area is 252 Å². The Morgan fingerprint density at radius 1 is 1.05 bits per heavy atom. The summed E-state index contributed by atoms with van der Waals surface area (Å²) in [4.78, 5) is 11.6. The molecule has 0 aliphatic rings. The van der Waals surface area contributed by atoms with Crippen molar-refractivity contribution >= 4 is 29.3 Å². The molecule has 0 saturated carbocycles. The maximum atomic E-state index is 15.7. The lowest BCUT2D eigenvalue weighted by Crippen LogP contribution is -2.22. The largest absolute Gasteiger partial charge is 0.480 e. The highest BCUT2D eigenvalue weighted by atomic mass is 32.2. The molecule has 4 aromatic heterocycles. The van der Waals surface area contributed by atoms with E-state index >= 15 is 4.39 Å². The number of nitrogens with one attached hydrogen (secondary N) is 1. The molecule has 0 saturated heterocycles. The lowest BCUT2D eigenvalue weighted by Gasteiger charge is -2.16. The molecule has 0 unspecified atom stereocenters. The second-order valence-corrected chi connectivity index (χ2v) is 18.3. The molecule has 0 amide bonds. The van der Waals surface area contributed by atoms with Crippen molar-refractivity contribution in [1.29, 1.82) is 0 Å². The fourth-order valence-electron chi connectivity index (χ4n) is 4.26. The molecule has 17 heteroatoms. The predicted octanol–water partition coefficient (Wildman–Crippen LogP) is 4.90. The van der Waals surface area contributed by atoms with Crippen molar-refractivity contribution in [2.75, 3.05) is 18.4 Å². The van der Waals surface area contributed by atoms with Crippen molar-refractivity contribution in [3.8, 4) is 28.7 Å². The van der Waals surface area contributed by atoms with Crippen LogP contribution in [-0.4, -0.2) is 64.3 Å². The number of methoxy groups -OCH3 is 1. The van der Waals surface area contributed by atoms with E-state index in [2.05, 4.69) is 44.8 Å². The normalized spacial score (nSPS) is 12.2. The van der Waals surface area contributed by atoms with Gasteiger partial charge < -0.3 is 13.9 Å². The number of imidazole rings is 1. The van der Waals surface area contributed by atoms with E-state index in [1.54, 1.807) is 11.5 Å². The third-order valence-corrected chi connectivity index (χ3v) is 9.71. The Bertz CT molecular complexity index is 1960. The van der Waals surface area contributed by atoms with Gasteiger partial charge in [-0.1, -0.05) is 19.6 Å². The van der Waals surface area contributed by atoms with Gasteiger partial charge in [0.05, 0.1) is 42.0 Å². The van der Waals surface area contributed by atoms with E-state index < -0.39 is 57.6 Å². The van der Waals surface area contributed by atoms with Gasteiger partial charge in [-0.05, 0) is 25.1 Å². The van der Waals surface area contributed by atoms with Gasteiger partial charge in [0, 0.05) is 26.9 Å². The molecule has 0 aliphatic heterocycles. The quantitative estimate of drug-likeness (QED) is 0.157. The first-order valence-corrected chi connectivity index (χ1v) is 18.5. The number of sulfonamides is 1. The summed E-state index contributed by atoms with van der Waals surface area (Å²) in [5, 5.41) is 8.40. The van der Waals surface area contributed by atoms with Crippen LogP contribution in [0, 0.1) is 24.4 Å². The van der Waals surface area contributed by atoms with Crippen molar-refractivity contribution in [3.05, 3.63) is 66.4 Å². The Morgan fingerprint density at radius 3 is 2.55 bits per heavy atom. The van der Waals surface area contributed by atoms with Gasteiger partial charge in [-0.25, -0.2) is 31.6 Å². The predicted molar refractivity (Wildman–Crippen MR) is 158 cm³/mol. The van der Waals surface area contributed by atoms with E-state index in [1.165, 1.54) is 23.1 Å². The van der Waals surface area contributed by atoms with Crippen LogP contribution in [0.1, 0.15) is 5.82 Å². The van der Waals surface area contributed by atoms with E-state index in [0.717, 1.165) is 31.5 Å². The summed E-state index contributed by atoms with van der Waals surface area (Å²) >= 11 is 0. The molecule has 0 atom stereocenters. The van der Waals surface area contributed by atoms with Crippen LogP contribution in [0.2, 0.25) is 25.7 Å². The van der Waals surface area contributed by atoms with Gasteiger partial charge in [0.1, 0.15) is 36.2 Å². The maximum Gasteiger partial charge on any atom is 0.267 e. The highest BCUT2D eigenvalue weighted by Crippen LogP contribution is 2.33. The van der Waals surface area contributed by atoms with Crippen molar-refractivity contribution in [2.45, 2.75) is 44.2 Å². The van der Waals surface area contributed by atoms with Crippen molar-refractivity contribution < 1.29 is 31.1 Å². The second-order valence-electron chi connectivity index (χ2n) is 11.1. The van der Waals surface area contributed by atoms with E-state index in [9.17, 15) is 17.2 Å². The van der Waals surface area contributed by atoms with Gasteiger partial charge in [0.15, 0.2) is 16.5 Å². The van der Waals surface area contributed by atoms with Crippen LogP contribution in [-0.2, 0) is 21.5 Å². The summed E-state index contributed by atoms with van der Waals surface area (Å²) < 4.78 is 86.5. The minimum atomic E-state index is -4.59. The topological polar surface area (TPSA) is 138 Å². The van der Waals surface area contributed by atoms with Gasteiger partial charge in [-0.15, -0.1) is 10.2 Å². The summed E-state index contributed by atoms with van der Waals surface area (Å²) in [6.45, 7) is 9.40. The third kappa shape index (κ3) is 6.29. The molecule has 0 bridgehead atoms. The number of benzene rings is 1.